The van der Waals surface area contributed by atoms with Crippen molar-refractivity contribution in [1.82, 2.24) is 10.6 Å². The second-order valence-electron chi connectivity index (χ2n) is 5.15. The summed E-state index contributed by atoms with van der Waals surface area (Å²) in [6.07, 6.45) is 0.848. The zero-order valence-electron chi connectivity index (χ0n) is 12.7. The molecule has 1 aliphatic heterocycles. The number of ether oxygens (including phenoxy) is 1. The third kappa shape index (κ3) is 5.00. The van der Waals surface area contributed by atoms with Crippen LogP contribution in [0.4, 0.5) is 0 Å². The van der Waals surface area contributed by atoms with Gasteiger partial charge in [-0.1, -0.05) is 30.3 Å². The predicted octanol–water partition coefficient (Wildman–Crippen LogP) is 1.48. The van der Waals surface area contributed by atoms with Gasteiger partial charge in [-0.15, -0.1) is 12.4 Å². The van der Waals surface area contributed by atoms with Gasteiger partial charge < -0.3 is 15.4 Å². The van der Waals surface area contributed by atoms with E-state index in [2.05, 4.69) is 10.6 Å². The van der Waals surface area contributed by atoms with Gasteiger partial charge in [0.2, 0.25) is 5.91 Å². The number of hydrogen-bond acceptors (Lipinski definition) is 4. The summed E-state index contributed by atoms with van der Waals surface area (Å²) in [5.74, 6) is -0.744. The Bertz CT molecular complexity index is 476. The maximum absolute atomic E-state index is 12.1. The number of carbonyl (C=O) groups excluding carboxylic acids is 2. The fourth-order valence-corrected chi connectivity index (χ4v) is 2.49. The lowest BCUT2D eigenvalue weighted by atomic mass is 9.98. The van der Waals surface area contributed by atoms with E-state index in [-0.39, 0.29) is 36.7 Å². The third-order valence-electron chi connectivity index (χ3n) is 3.68. The lowest BCUT2D eigenvalue weighted by molar-refractivity contribution is -0.144. The molecule has 1 aromatic rings. The summed E-state index contributed by atoms with van der Waals surface area (Å²) in [7, 11) is 0. The van der Waals surface area contributed by atoms with Crippen LogP contribution in [0.5, 0.6) is 0 Å². The first kappa shape index (κ1) is 18.5. The number of amides is 1. The summed E-state index contributed by atoms with van der Waals surface area (Å²) < 4.78 is 5.11. The van der Waals surface area contributed by atoms with Crippen molar-refractivity contribution in [2.75, 3.05) is 26.2 Å². The fraction of sp³-hybridized carbons (Fsp3) is 0.500. The fourth-order valence-electron chi connectivity index (χ4n) is 2.49. The Balaban J connectivity index is 0.00000242. The van der Waals surface area contributed by atoms with Gasteiger partial charge in [0.15, 0.2) is 0 Å². The lowest BCUT2D eigenvalue weighted by Gasteiger charge is -2.18. The van der Waals surface area contributed by atoms with Crippen molar-refractivity contribution in [3.63, 3.8) is 0 Å². The van der Waals surface area contributed by atoms with Gasteiger partial charge in [-0.2, -0.15) is 0 Å². The number of esters is 1. The highest BCUT2D eigenvalue weighted by atomic mass is 35.5. The Hall–Kier alpha value is -1.59. The molecule has 0 radical (unpaired) electrons. The van der Waals surface area contributed by atoms with Crippen LogP contribution in [0.3, 0.4) is 0 Å². The molecule has 1 saturated heterocycles. The van der Waals surface area contributed by atoms with Crippen LogP contribution in [-0.2, 0) is 14.3 Å². The monoisotopic (exact) mass is 326 g/mol. The standard InChI is InChI=1S/C16H22N2O3.ClH/c1-2-21-16(20)14(12-6-4-3-5-7-12)11-18-15(19)13-8-9-17-10-13;/h3-7,13-14,17H,2,8-11H2,1H3,(H,18,19);1H. The molecule has 1 aliphatic rings. The minimum absolute atomic E-state index is 0. The van der Waals surface area contributed by atoms with Crippen LogP contribution in [0.2, 0.25) is 0 Å². The van der Waals surface area contributed by atoms with Gasteiger partial charge in [0.05, 0.1) is 18.4 Å². The first-order valence-corrected chi connectivity index (χ1v) is 7.42. The molecule has 0 bridgehead atoms. The topological polar surface area (TPSA) is 67.4 Å². The molecular formula is C16H23ClN2O3. The Morgan fingerprint density at radius 2 is 2.09 bits per heavy atom. The summed E-state index contributed by atoms with van der Waals surface area (Å²) in [5.41, 5.74) is 0.862. The predicted molar refractivity (Wildman–Crippen MR) is 87.1 cm³/mol. The average molecular weight is 327 g/mol. The van der Waals surface area contributed by atoms with Gasteiger partial charge in [0, 0.05) is 13.1 Å². The summed E-state index contributed by atoms with van der Waals surface area (Å²) in [4.78, 5) is 24.1. The Kier molecular flexibility index (Phi) is 7.91. The molecule has 1 amide bonds. The molecule has 0 aromatic heterocycles. The van der Waals surface area contributed by atoms with E-state index in [1.54, 1.807) is 6.92 Å². The molecular weight excluding hydrogens is 304 g/mol. The molecule has 1 fully saturated rings. The second-order valence-corrected chi connectivity index (χ2v) is 5.15. The average Bonchev–Trinajstić information content (AvgIpc) is 3.03. The number of rotatable bonds is 6. The van der Waals surface area contributed by atoms with Crippen LogP contribution in [-0.4, -0.2) is 38.1 Å². The zero-order valence-corrected chi connectivity index (χ0v) is 13.5. The molecule has 122 valence electrons. The van der Waals surface area contributed by atoms with Gasteiger partial charge in [0.25, 0.3) is 0 Å². The van der Waals surface area contributed by atoms with Crippen molar-refractivity contribution in [2.45, 2.75) is 19.3 Å². The summed E-state index contributed by atoms with van der Waals surface area (Å²) in [6.45, 7) is 3.98. The summed E-state index contributed by atoms with van der Waals surface area (Å²) in [6, 6.07) is 9.42. The number of carbonyl (C=O) groups is 2. The Morgan fingerprint density at radius 3 is 2.68 bits per heavy atom. The third-order valence-corrected chi connectivity index (χ3v) is 3.68. The van der Waals surface area contributed by atoms with Crippen molar-refractivity contribution in [3.8, 4) is 0 Å². The highest BCUT2D eigenvalue weighted by molar-refractivity contribution is 5.85. The summed E-state index contributed by atoms with van der Waals surface area (Å²) >= 11 is 0. The quantitative estimate of drug-likeness (QED) is 0.777. The van der Waals surface area contributed by atoms with E-state index in [0.29, 0.717) is 13.2 Å². The van der Waals surface area contributed by atoms with E-state index in [0.717, 1.165) is 18.5 Å². The minimum Gasteiger partial charge on any atom is -0.465 e. The first-order chi connectivity index (χ1) is 10.2. The molecule has 0 spiro atoms. The molecule has 6 heteroatoms. The van der Waals surface area contributed by atoms with Gasteiger partial charge in [0.1, 0.15) is 0 Å². The molecule has 0 aliphatic carbocycles. The van der Waals surface area contributed by atoms with E-state index >= 15 is 0 Å². The van der Waals surface area contributed by atoms with Crippen molar-refractivity contribution in [1.29, 1.82) is 0 Å². The normalized spacial score (nSPS) is 18.1. The van der Waals surface area contributed by atoms with Crippen LogP contribution in [0.25, 0.3) is 0 Å². The van der Waals surface area contributed by atoms with Crippen molar-refractivity contribution in [3.05, 3.63) is 35.9 Å². The molecule has 1 heterocycles. The van der Waals surface area contributed by atoms with Crippen LogP contribution < -0.4 is 10.6 Å². The van der Waals surface area contributed by atoms with Crippen LogP contribution in [0, 0.1) is 5.92 Å². The van der Waals surface area contributed by atoms with Crippen molar-refractivity contribution >= 4 is 24.3 Å². The molecule has 0 saturated carbocycles. The van der Waals surface area contributed by atoms with Gasteiger partial charge in [-0.3, -0.25) is 9.59 Å². The van der Waals surface area contributed by atoms with Crippen LogP contribution >= 0.6 is 12.4 Å². The van der Waals surface area contributed by atoms with E-state index in [9.17, 15) is 9.59 Å². The van der Waals surface area contributed by atoms with E-state index < -0.39 is 5.92 Å². The summed E-state index contributed by atoms with van der Waals surface area (Å²) in [5, 5.41) is 6.05. The number of halogens is 1. The number of nitrogens with one attached hydrogen (secondary N) is 2. The lowest BCUT2D eigenvalue weighted by Crippen LogP contribution is -2.37. The Morgan fingerprint density at radius 1 is 1.36 bits per heavy atom. The number of hydrogen-bond donors (Lipinski definition) is 2. The van der Waals surface area contributed by atoms with Gasteiger partial charge in [-0.25, -0.2) is 0 Å². The highest BCUT2D eigenvalue weighted by Crippen LogP contribution is 2.17. The Labute approximate surface area is 137 Å². The second kappa shape index (κ2) is 9.43. The minimum atomic E-state index is -0.454. The number of benzene rings is 1. The first-order valence-electron chi connectivity index (χ1n) is 7.42. The van der Waals surface area contributed by atoms with E-state index in [1.165, 1.54) is 0 Å². The van der Waals surface area contributed by atoms with Gasteiger partial charge >= 0.3 is 5.97 Å². The van der Waals surface area contributed by atoms with Crippen LogP contribution in [0.1, 0.15) is 24.8 Å². The highest BCUT2D eigenvalue weighted by Gasteiger charge is 2.26. The largest absolute Gasteiger partial charge is 0.465 e. The van der Waals surface area contributed by atoms with E-state index in [4.69, 9.17) is 4.74 Å². The molecule has 2 rings (SSSR count). The molecule has 2 atom stereocenters. The SMILES string of the molecule is CCOC(=O)C(CNC(=O)C1CCNC1)c1ccccc1.Cl. The van der Waals surface area contributed by atoms with Crippen molar-refractivity contribution in [2.24, 2.45) is 5.92 Å². The molecule has 2 N–H and O–H groups in total. The zero-order chi connectivity index (χ0) is 15.1. The maximum atomic E-state index is 12.1. The van der Waals surface area contributed by atoms with Gasteiger partial charge in [-0.05, 0) is 25.5 Å². The smallest absolute Gasteiger partial charge is 0.315 e. The van der Waals surface area contributed by atoms with E-state index in [1.807, 2.05) is 30.3 Å². The van der Waals surface area contributed by atoms with Crippen molar-refractivity contribution < 1.29 is 14.3 Å². The van der Waals surface area contributed by atoms with Crippen LogP contribution in [0.15, 0.2) is 30.3 Å². The molecule has 22 heavy (non-hydrogen) atoms. The molecule has 5 nitrogen and oxygen atoms in total. The molecule has 2 unspecified atom stereocenters. The maximum Gasteiger partial charge on any atom is 0.315 e. The molecule has 1 aromatic carbocycles.